The molecule has 40 heavy (non-hydrogen) atoms. The second kappa shape index (κ2) is 12.2. The molecule has 1 aromatic heterocycles. The smallest absolute Gasteiger partial charge is 0.420 e. The molecule has 1 heterocycles. The van der Waals surface area contributed by atoms with Crippen molar-refractivity contribution < 1.29 is 41.7 Å². The number of hydrogen-bond acceptors (Lipinski definition) is 8. The number of benzene rings is 2. The highest BCUT2D eigenvalue weighted by Crippen LogP contribution is 2.40. The van der Waals surface area contributed by atoms with Gasteiger partial charge in [0.2, 0.25) is 5.91 Å². The van der Waals surface area contributed by atoms with E-state index in [0.717, 1.165) is 6.07 Å². The van der Waals surface area contributed by atoms with Crippen LogP contribution in [-0.4, -0.2) is 47.8 Å². The lowest BCUT2D eigenvalue weighted by atomic mass is 9.96. The van der Waals surface area contributed by atoms with Gasteiger partial charge < -0.3 is 29.6 Å². The van der Waals surface area contributed by atoms with Crippen LogP contribution in [0.15, 0.2) is 61.2 Å². The van der Waals surface area contributed by atoms with Crippen molar-refractivity contribution in [2.45, 2.75) is 43.6 Å². The summed E-state index contributed by atoms with van der Waals surface area (Å²) >= 11 is 0. The van der Waals surface area contributed by atoms with Gasteiger partial charge in [-0.1, -0.05) is 12.1 Å². The number of alkyl halides is 3. The van der Waals surface area contributed by atoms with Crippen LogP contribution in [0.3, 0.4) is 0 Å². The average Bonchev–Trinajstić information content (AvgIpc) is 3.36. The molecular formula is C27H27F3N4O6. The summed E-state index contributed by atoms with van der Waals surface area (Å²) in [7, 11) is 2.81. The van der Waals surface area contributed by atoms with E-state index in [2.05, 4.69) is 20.6 Å². The Hall–Kier alpha value is -4.39. The van der Waals surface area contributed by atoms with Gasteiger partial charge in [0.05, 0.1) is 25.6 Å². The Morgan fingerprint density at radius 2 is 1.73 bits per heavy atom. The zero-order valence-electron chi connectivity index (χ0n) is 21.7. The molecule has 13 heteroatoms. The van der Waals surface area contributed by atoms with E-state index in [-0.39, 0.29) is 42.1 Å². The van der Waals surface area contributed by atoms with Crippen LogP contribution < -0.4 is 24.8 Å². The third kappa shape index (κ3) is 6.97. The number of ether oxygens (including phenoxy) is 4. The van der Waals surface area contributed by atoms with Gasteiger partial charge in [-0.05, 0) is 48.7 Å². The van der Waals surface area contributed by atoms with E-state index in [1.807, 2.05) is 0 Å². The summed E-state index contributed by atoms with van der Waals surface area (Å²) in [5, 5.41) is 5.49. The van der Waals surface area contributed by atoms with Crippen molar-refractivity contribution in [3.8, 4) is 23.0 Å². The molecule has 3 aromatic rings. The fraction of sp³-hybridized carbons (Fsp3) is 0.333. The molecule has 2 amide bonds. The standard InChI is InChI=1S/C27H27F3N4O6/c1-37-19-7-8-23(22(11-19)27(28,29)30)39-18-5-3-17(4-6-18)13-33-24(35)26(10-9-20(12-26)38-2)34-25(36)40-21-14-31-16-32-15-21/h3-8,11,14-16,20H,9-10,12-13H2,1-2H3,(H,33,35)(H,34,36). The predicted molar refractivity (Wildman–Crippen MR) is 135 cm³/mol. The van der Waals surface area contributed by atoms with Crippen molar-refractivity contribution in [1.82, 2.24) is 20.6 Å². The van der Waals surface area contributed by atoms with E-state index in [0.29, 0.717) is 18.4 Å². The molecule has 0 spiro atoms. The summed E-state index contributed by atoms with van der Waals surface area (Å²) < 4.78 is 61.4. The Bertz CT molecular complexity index is 1320. The maximum atomic E-state index is 13.5. The summed E-state index contributed by atoms with van der Waals surface area (Å²) in [6, 6.07) is 9.65. The van der Waals surface area contributed by atoms with Crippen LogP contribution in [0.1, 0.15) is 30.4 Å². The van der Waals surface area contributed by atoms with Gasteiger partial charge in [0.1, 0.15) is 34.7 Å². The van der Waals surface area contributed by atoms with E-state index in [1.54, 1.807) is 12.1 Å². The number of nitrogens with zero attached hydrogens (tertiary/aromatic N) is 2. The molecule has 1 fully saturated rings. The van der Waals surface area contributed by atoms with Crippen LogP contribution in [0.2, 0.25) is 0 Å². The summed E-state index contributed by atoms with van der Waals surface area (Å²) in [6.45, 7) is 0.0953. The van der Waals surface area contributed by atoms with E-state index < -0.39 is 29.3 Å². The molecule has 10 nitrogen and oxygen atoms in total. The quantitative estimate of drug-likeness (QED) is 0.389. The number of methoxy groups -OCH3 is 2. The molecule has 2 aromatic carbocycles. The van der Waals surface area contributed by atoms with Crippen LogP contribution >= 0.6 is 0 Å². The molecule has 0 saturated heterocycles. The van der Waals surface area contributed by atoms with Gasteiger partial charge in [-0.25, -0.2) is 14.8 Å². The minimum Gasteiger partial charge on any atom is -0.497 e. The van der Waals surface area contributed by atoms with Gasteiger partial charge in [-0.15, -0.1) is 0 Å². The van der Waals surface area contributed by atoms with Crippen LogP contribution in [0.5, 0.6) is 23.0 Å². The van der Waals surface area contributed by atoms with Gasteiger partial charge in [0.15, 0.2) is 5.75 Å². The highest BCUT2D eigenvalue weighted by atomic mass is 19.4. The minimum atomic E-state index is -4.64. The SMILES string of the molecule is COc1ccc(Oc2ccc(CNC(=O)C3(NC(=O)Oc4cncnc4)CCC(OC)C3)cc2)c(C(F)(F)F)c1. The Morgan fingerprint density at radius 3 is 2.35 bits per heavy atom. The second-order valence-corrected chi connectivity index (χ2v) is 9.06. The van der Waals surface area contributed by atoms with Crippen LogP contribution in [-0.2, 0) is 22.3 Å². The van der Waals surface area contributed by atoms with E-state index >= 15 is 0 Å². The molecule has 1 saturated carbocycles. The maximum absolute atomic E-state index is 13.5. The van der Waals surface area contributed by atoms with Gasteiger partial charge >= 0.3 is 12.3 Å². The fourth-order valence-corrected chi connectivity index (χ4v) is 4.34. The highest BCUT2D eigenvalue weighted by molar-refractivity contribution is 5.90. The molecule has 4 rings (SSSR count). The molecule has 2 unspecified atom stereocenters. The van der Waals surface area contributed by atoms with E-state index in [9.17, 15) is 22.8 Å². The van der Waals surface area contributed by atoms with Crippen molar-refractivity contribution in [3.05, 3.63) is 72.3 Å². The number of carbonyl (C=O) groups excluding carboxylic acids is 2. The zero-order chi connectivity index (χ0) is 28.8. The molecule has 0 bridgehead atoms. The Morgan fingerprint density at radius 1 is 1.02 bits per heavy atom. The first-order valence-electron chi connectivity index (χ1n) is 12.2. The Balaban J connectivity index is 1.40. The molecule has 1 aliphatic carbocycles. The predicted octanol–water partition coefficient (Wildman–Crippen LogP) is 4.64. The largest absolute Gasteiger partial charge is 0.497 e. The fourth-order valence-electron chi connectivity index (χ4n) is 4.34. The average molecular weight is 561 g/mol. The number of hydrogen-bond donors (Lipinski definition) is 2. The van der Waals surface area contributed by atoms with Crippen LogP contribution in [0.25, 0.3) is 0 Å². The lowest BCUT2D eigenvalue weighted by molar-refractivity contribution is -0.138. The highest BCUT2D eigenvalue weighted by Gasteiger charge is 2.47. The molecule has 0 aliphatic heterocycles. The van der Waals surface area contributed by atoms with Crippen molar-refractivity contribution in [2.24, 2.45) is 0 Å². The molecule has 0 radical (unpaired) electrons. The lowest BCUT2D eigenvalue weighted by Gasteiger charge is -2.28. The van der Waals surface area contributed by atoms with Crippen molar-refractivity contribution >= 4 is 12.0 Å². The Kier molecular flexibility index (Phi) is 8.73. The molecule has 1 aliphatic rings. The first kappa shape index (κ1) is 28.6. The lowest BCUT2D eigenvalue weighted by Crippen LogP contribution is -2.58. The van der Waals surface area contributed by atoms with Crippen LogP contribution in [0.4, 0.5) is 18.0 Å². The van der Waals surface area contributed by atoms with Gasteiger partial charge in [0.25, 0.3) is 0 Å². The van der Waals surface area contributed by atoms with Gasteiger partial charge in [0, 0.05) is 20.1 Å². The van der Waals surface area contributed by atoms with Crippen LogP contribution in [0, 0.1) is 0 Å². The third-order valence-electron chi connectivity index (χ3n) is 6.42. The zero-order valence-corrected chi connectivity index (χ0v) is 21.7. The first-order chi connectivity index (χ1) is 19.1. The first-order valence-corrected chi connectivity index (χ1v) is 12.2. The van der Waals surface area contributed by atoms with Crippen molar-refractivity contribution in [1.29, 1.82) is 0 Å². The Labute approximate surface area is 227 Å². The summed E-state index contributed by atoms with van der Waals surface area (Å²) in [6.07, 6.45) is -0.660. The van der Waals surface area contributed by atoms with Crippen molar-refractivity contribution in [3.63, 3.8) is 0 Å². The molecular weight excluding hydrogens is 533 g/mol. The number of halogens is 3. The normalized spacial score (nSPS) is 18.6. The van der Waals surface area contributed by atoms with Gasteiger partial charge in [-0.2, -0.15) is 13.2 Å². The summed E-state index contributed by atoms with van der Waals surface area (Å²) in [4.78, 5) is 33.4. The molecule has 212 valence electrons. The van der Waals surface area contributed by atoms with Gasteiger partial charge in [-0.3, -0.25) is 4.79 Å². The number of nitrogens with one attached hydrogen (secondary N) is 2. The summed E-state index contributed by atoms with van der Waals surface area (Å²) in [5.74, 6) is -0.446. The maximum Gasteiger partial charge on any atom is 0.420 e. The van der Waals surface area contributed by atoms with E-state index in [1.165, 1.54) is 57.2 Å². The van der Waals surface area contributed by atoms with E-state index in [4.69, 9.17) is 18.9 Å². The number of carbonyl (C=O) groups is 2. The molecule has 2 atom stereocenters. The number of amides is 2. The second-order valence-electron chi connectivity index (χ2n) is 9.06. The summed E-state index contributed by atoms with van der Waals surface area (Å²) in [5.41, 5.74) is -1.57. The monoisotopic (exact) mass is 560 g/mol. The number of aromatic nitrogens is 2. The topological polar surface area (TPSA) is 121 Å². The minimum absolute atomic E-state index is 0.0550. The third-order valence-corrected chi connectivity index (χ3v) is 6.42. The van der Waals surface area contributed by atoms with Crippen molar-refractivity contribution in [2.75, 3.05) is 14.2 Å². The number of rotatable bonds is 9. The molecule has 2 N–H and O–H groups in total.